The van der Waals surface area contributed by atoms with Gasteiger partial charge >= 0.3 is 6.18 Å². The van der Waals surface area contributed by atoms with E-state index in [1.165, 1.54) is 18.2 Å². The molecule has 5 aromatic rings. The summed E-state index contributed by atoms with van der Waals surface area (Å²) < 4.78 is 76.9. The molecule has 0 radical (unpaired) electrons. The Bertz CT molecular complexity index is 1690. The lowest BCUT2D eigenvalue weighted by Gasteiger charge is -2.15. The summed E-state index contributed by atoms with van der Waals surface area (Å²) in [5, 5.41) is 2.25. The number of alkyl halides is 3. The fourth-order valence-corrected chi connectivity index (χ4v) is 5.30. The zero-order valence-corrected chi connectivity index (χ0v) is 19.6. The van der Waals surface area contributed by atoms with Gasteiger partial charge in [0, 0.05) is 5.69 Å². The van der Waals surface area contributed by atoms with Crippen LogP contribution in [0.5, 0.6) is 0 Å². The van der Waals surface area contributed by atoms with Crippen molar-refractivity contribution in [3.8, 4) is 0 Å². The van der Waals surface area contributed by atoms with Gasteiger partial charge in [0.05, 0.1) is 33.3 Å². The van der Waals surface area contributed by atoms with Crippen LogP contribution in [0.4, 0.5) is 30.5 Å². The lowest BCUT2D eigenvalue weighted by molar-refractivity contribution is -0.137. The van der Waals surface area contributed by atoms with Crippen LogP contribution in [0.15, 0.2) is 65.6 Å². The second-order valence-electron chi connectivity index (χ2n) is 7.22. The van der Waals surface area contributed by atoms with Crippen molar-refractivity contribution in [3.05, 3.63) is 71.2 Å². The molecule has 2 N–H and O–H groups in total. The van der Waals surface area contributed by atoms with Gasteiger partial charge in [-0.3, -0.25) is 4.72 Å². The molecular weight excluding hydrogens is 525 g/mol. The summed E-state index contributed by atoms with van der Waals surface area (Å²) in [7, 11) is -4.22. The summed E-state index contributed by atoms with van der Waals surface area (Å²) in [6.07, 6.45) is -4.69. The fraction of sp³-hybridized carbons (Fsp3) is 0.0476. The van der Waals surface area contributed by atoms with E-state index in [1.54, 1.807) is 30.3 Å². The van der Waals surface area contributed by atoms with Crippen LogP contribution in [-0.4, -0.2) is 27.1 Å². The maximum absolute atomic E-state index is 13.3. The highest BCUT2D eigenvalue weighted by molar-refractivity contribution is 7.93. The molecule has 0 aliphatic rings. The molecule has 0 bridgehead atoms. The van der Waals surface area contributed by atoms with E-state index >= 15 is 0 Å². The minimum Gasteiger partial charge on any atom is -0.337 e. The number of rotatable bonds is 5. The molecule has 0 amide bonds. The highest BCUT2D eigenvalue weighted by Crippen LogP contribution is 2.37. The molecule has 0 aliphatic heterocycles. The first-order valence-electron chi connectivity index (χ1n) is 9.76. The minimum atomic E-state index is -4.69. The Hall–Kier alpha value is -3.55. The second-order valence-corrected chi connectivity index (χ2v) is 9.81. The van der Waals surface area contributed by atoms with E-state index in [4.69, 9.17) is 11.6 Å². The van der Waals surface area contributed by atoms with Gasteiger partial charge in [-0.15, -0.1) is 0 Å². The standard InChI is InChI=1S/C21H12ClF3N6O2S2/c22-13-9-8-11(10-12(13)21(23,24)25)26-19-20(28-15-5-2-1-4-14(15)27-19)31-35(32,33)17-7-3-6-16-18(17)30-34-29-16/h1-10H,(H,26,27)(H,28,31). The number of anilines is 3. The average Bonchev–Trinajstić information content (AvgIpc) is 3.28. The molecule has 0 aliphatic carbocycles. The van der Waals surface area contributed by atoms with Crippen molar-refractivity contribution in [2.45, 2.75) is 11.1 Å². The first kappa shape index (κ1) is 23.2. The minimum absolute atomic E-state index is 0.0162. The molecule has 14 heteroatoms. The molecule has 35 heavy (non-hydrogen) atoms. The number of para-hydroxylation sites is 2. The number of nitrogens with one attached hydrogen (secondary N) is 2. The molecule has 0 saturated heterocycles. The van der Waals surface area contributed by atoms with Crippen LogP contribution in [0.25, 0.3) is 22.1 Å². The van der Waals surface area contributed by atoms with E-state index in [2.05, 4.69) is 28.8 Å². The Labute approximate surface area is 205 Å². The first-order valence-corrected chi connectivity index (χ1v) is 12.4. The highest BCUT2D eigenvalue weighted by Gasteiger charge is 2.33. The molecular formula is C21H12ClF3N6O2S2. The molecule has 5 rings (SSSR count). The Morgan fingerprint density at radius 3 is 2.26 bits per heavy atom. The molecule has 0 unspecified atom stereocenters. The predicted molar refractivity (Wildman–Crippen MR) is 127 cm³/mol. The Balaban J connectivity index is 1.60. The van der Waals surface area contributed by atoms with Crippen molar-refractivity contribution in [2.24, 2.45) is 0 Å². The third-order valence-corrected chi connectivity index (χ3v) is 7.12. The van der Waals surface area contributed by atoms with E-state index in [0.717, 1.165) is 23.9 Å². The zero-order valence-electron chi connectivity index (χ0n) is 17.2. The zero-order chi connectivity index (χ0) is 24.8. The SMILES string of the molecule is O=S(=O)(Nc1nc2ccccc2nc1Nc1ccc(Cl)c(C(F)(F)F)c1)c1cccc2nsnc12. The van der Waals surface area contributed by atoms with Gasteiger partial charge in [-0.05, 0) is 42.5 Å². The van der Waals surface area contributed by atoms with Crippen molar-refractivity contribution in [1.82, 2.24) is 18.7 Å². The van der Waals surface area contributed by atoms with Gasteiger partial charge in [0.2, 0.25) is 0 Å². The van der Waals surface area contributed by atoms with Crippen LogP contribution < -0.4 is 10.0 Å². The van der Waals surface area contributed by atoms with Gasteiger partial charge in [0.25, 0.3) is 10.0 Å². The smallest absolute Gasteiger partial charge is 0.337 e. The maximum Gasteiger partial charge on any atom is 0.417 e. The van der Waals surface area contributed by atoms with Gasteiger partial charge < -0.3 is 5.32 Å². The fourth-order valence-electron chi connectivity index (χ4n) is 3.30. The van der Waals surface area contributed by atoms with Crippen LogP contribution in [0, 0.1) is 0 Å². The van der Waals surface area contributed by atoms with Crippen LogP contribution in [0.2, 0.25) is 5.02 Å². The Morgan fingerprint density at radius 1 is 0.857 bits per heavy atom. The summed E-state index contributed by atoms with van der Waals surface area (Å²) in [4.78, 5) is 8.59. The molecule has 8 nitrogen and oxygen atoms in total. The molecule has 3 aromatic carbocycles. The second kappa shape index (κ2) is 8.59. The lowest BCUT2D eigenvalue weighted by atomic mass is 10.2. The van der Waals surface area contributed by atoms with E-state index in [0.29, 0.717) is 16.6 Å². The summed E-state index contributed by atoms with van der Waals surface area (Å²) in [5.41, 5.74) is 0.285. The quantitative estimate of drug-likeness (QED) is 0.290. The van der Waals surface area contributed by atoms with Crippen molar-refractivity contribution in [2.75, 3.05) is 10.0 Å². The molecule has 178 valence electrons. The maximum atomic E-state index is 13.3. The van der Waals surface area contributed by atoms with E-state index in [-0.39, 0.29) is 27.7 Å². The number of benzene rings is 3. The summed E-state index contributed by atoms with van der Waals surface area (Å²) in [6, 6.07) is 14.4. The number of fused-ring (bicyclic) bond motifs is 2. The average molecular weight is 537 g/mol. The molecule has 0 saturated carbocycles. The van der Waals surface area contributed by atoms with Crippen molar-refractivity contribution >= 4 is 72.7 Å². The lowest BCUT2D eigenvalue weighted by Crippen LogP contribution is -2.16. The largest absolute Gasteiger partial charge is 0.417 e. The highest BCUT2D eigenvalue weighted by atomic mass is 35.5. The third-order valence-electron chi connectivity index (χ3n) is 4.87. The molecule has 2 aromatic heterocycles. The predicted octanol–water partition coefficient (Wildman–Crippen LogP) is 5.85. The first-order chi connectivity index (χ1) is 16.6. The number of aromatic nitrogens is 4. The normalized spacial score (nSPS) is 12.2. The van der Waals surface area contributed by atoms with Gasteiger partial charge in [-0.2, -0.15) is 21.9 Å². The van der Waals surface area contributed by atoms with Crippen LogP contribution >= 0.6 is 23.3 Å². The summed E-state index contributed by atoms with van der Waals surface area (Å²) in [5.74, 6) is -0.321. The number of hydrogen-bond acceptors (Lipinski definition) is 8. The number of nitrogens with zero attached hydrogens (tertiary/aromatic N) is 4. The number of hydrogen-bond donors (Lipinski definition) is 2. The monoisotopic (exact) mass is 536 g/mol. The number of sulfonamides is 1. The third kappa shape index (κ3) is 4.57. The Kier molecular flexibility index (Phi) is 5.69. The molecule has 0 fully saturated rings. The van der Waals surface area contributed by atoms with Crippen molar-refractivity contribution in [3.63, 3.8) is 0 Å². The summed E-state index contributed by atoms with van der Waals surface area (Å²) >= 11 is 6.57. The molecule has 0 spiro atoms. The van der Waals surface area contributed by atoms with Crippen molar-refractivity contribution < 1.29 is 21.6 Å². The van der Waals surface area contributed by atoms with E-state index < -0.39 is 26.8 Å². The molecule has 0 atom stereocenters. The van der Waals surface area contributed by atoms with Gasteiger partial charge in [-0.25, -0.2) is 18.4 Å². The van der Waals surface area contributed by atoms with Gasteiger partial charge in [0.1, 0.15) is 15.9 Å². The van der Waals surface area contributed by atoms with Crippen molar-refractivity contribution in [1.29, 1.82) is 0 Å². The van der Waals surface area contributed by atoms with Gasteiger partial charge in [0.15, 0.2) is 11.6 Å². The van der Waals surface area contributed by atoms with Crippen LogP contribution in [-0.2, 0) is 16.2 Å². The topological polar surface area (TPSA) is 110 Å². The van der Waals surface area contributed by atoms with Crippen LogP contribution in [0.3, 0.4) is 0 Å². The summed E-state index contributed by atoms with van der Waals surface area (Å²) in [6.45, 7) is 0. The van der Waals surface area contributed by atoms with Crippen LogP contribution in [0.1, 0.15) is 5.56 Å². The molecule has 2 heterocycles. The van der Waals surface area contributed by atoms with Gasteiger partial charge in [-0.1, -0.05) is 29.8 Å². The Morgan fingerprint density at radius 2 is 1.54 bits per heavy atom. The number of halogens is 4. The van der Waals surface area contributed by atoms with E-state index in [1.807, 2.05) is 0 Å². The van der Waals surface area contributed by atoms with E-state index in [9.17, 15) is 21.6 Å².